The molecule has 0 bridgehead atoms. The van der Waals surface area contributed by atoms with Gasteiger partial charge in [-0.05, 0) is 25.5 Å². The number of ether oxygens (including phenoxy) is 1. The van der Waals surface area contributed by atoms with Gasteiger partial charge in [0.15, 0.2) is 5.96 Å². The molecule has 1 aromatic rings. The number of aliphatic imine (C=N–C) groups is 1. The van der Waals surface area contributed by atoms with Gasteiger partial charge in [-0.3, -0.25) is 4.99 Å². The van der Waals surface area contributed by atoms with E-state index in [-0.39, 0.29) is 18.5 Å². The van der Waals surface area contributed by atoms with Gasteiger partial charge in [0.2, 0.25) is 10.0 Å². The summed E-state index contributed by atoms with van der Waals surface area (Å²) in [5.74, 6) is 0.834. The molecule has 0 spiro atoms. The molecule has 0 atom stereocenters. The fraction of sp³-hybridized carbons (Fsp3) is 0.706. The Labute approximate surface area is 156 Å². The second-order valence-corrected chi connectivity index (χ2v) is 8.80. The van der Waals surface area contributed by atoms with Crippen molar-refractivity contribution in [2.45, 2.75) is 26.5 Å². The van der Waals surface area contributed by atoms with Crippen molar-refractivity contribution in [1.29, 1.82) is 0 Å². The Hall–Kier alpha value is -1.58. The maximum absolute atomic E-state index is 12.4. The van der Waals surface area contributed by atoms with E-state index in [0.29, 0.717) is 32.7 Å². The summed E-state index contributed by atoms with van der Waals surface area (Å²) < 4.78 is 33.7. The van der Waals surface area contributed by atoms with Crippen LogP contribution in [0.4, 0.5) is 0 Å². The zero-order valence-corrected chi connectivity index (χ0v) is 17.0. The molecule has 0 saturated carbocycles. The number of aryl methyl sites for hydroxylation is 1. The minimum atomic E-state index is -3.27. The first-order valence-electron chi connectivity index (χ1n) is 8.97. The van der Waals surface area contributed by atoms with Crippen LogP contribution in [-0.2, 0) is 28.4 Å². The lowest BCUT2D eigenvalue weighted by atomic mass is 10.3. The molecule has 1 aromatic heterocycles. The summed E-state index contributed by atoms with van der Waals surface area (Å²) in [6.45, 7) is 6.92. The predicted molar refractivity (Wildman–Crippen MR) is 104 cm³/mol. The van der Waals surface area contributed by atoms with E-state index < -0.39 is 10.0 Å². The van der Waals surface area contributed by atoms with Crippen molar-refractivity contribution in [3.63, 3.8) is 0 Å². The van der Waals surface area contributed by atoms with Crippen LogP contribution in [0.1, 0.15) is 19.4 Å². The number of guanidine groups is 1. The number of piperazine rings is 1. The summed E-state index contributed by atoms with van der Waals surface area (Å²) in [6.07, 6.45) is 4.11. The quantitative estimate of drug-likeness (QED) is 0.545. The van der Waals surface area contributed by atoms with Crippen LogP contribution in [0, 0.1) is 0 Å². The number of rotatable bonds is 7. The van der Waals surface area contributed by atoms with Crippen molar-refractivity contribution in [2.24, 2.45) is 12.0 Å². The molecule has 0 amide bonds. The van der Waals surface area contributed by atoms with Crippen molar-refractivity contribution < 1.29 is 13.2 Å². The van der Waals surface area contributed by atoms with Gasteiger partial charge in [0.05, 0.1) is 18.5 Å². The number of nitrogens with one attached hydrogen (secondary N) is 1. The van der Waals surface area contributed by atoms with Gasteiger partial charge in [-0.25, -0.2) is 8.42 Å². The van der Waals surface area contributed by atoms with Crippen LogP contribution in [0.3, 0.4) is 0 Å². The van der Waals surface area contributed by atoms with Crippen LogP contribution in [0.5, 0.6) is 0 Å². The molecule has 1 aliphatic rings. The molecule has 2 heterocycles. The Balaban J connectivity index is 1.82. The maximum atomic E-state index is 12.4. The second kappa shape index (κ2) is 9.38. The summed E-state index contributed by atoms with van der Waals surface area (Å²) in [5.41, 5.74) is 1.18. The van der Waals surface area contributed by atoms with Gasteiger partial charge < -0.3 is 19.5 Å². The zero-order chi connectivity index (χ0) is 19.2. The second-order valence-electron chi connectivity index (χ2n) is 6.71. The Morgan fingerprint density at radius 3 is 2.54 bits per heavy atom. The monoisotopic (exact) mass is 385 g/mol. The van der Waals surface area contributed by atoms with E-state index in [1.54, 1.807) is 11.4 Å². The van der Waals surface area contributed by atoms with Gasteiger partial charge in [-0.2, -0.15) is 4.31 Å². The number of aromatic nitrogens is 1. The van der Waals surface area contributed by atoms with Gasteiger partial charge in [-0.1, -0.05) is 0 Å². The zero-order valence-electron chi connectivity index (χ0n) is 16.2. The number of hydrogen-bond donors (Lipinski definition) is 1. The lowest BCUT2D eigenvalue weighted by molar-refractivity contribution is 0.0904. The molecule has 1 aliphatic heterocycles. The average Bonchev–Trinajstić information content (AvgIpc) is 3.01. The molecule has 8 nitrogen and oxygen atoms in total. The summed E-state index contributed by atoms with van der Waals surface area (Å²) in [4.78, 5) is 6.42. The SMILES string of the molecule is CN=C(NCc1ccn(C)c1)N1CCN(S(=O)(=O)CCOC(C)C)CC1. The Morgan fingerprint density at radius 1 is 1.31 bits per heavy atom. The van der Waals surface area contributed by atoms with Crippen molar-refractivity contribution in [3.8, 4) is 0 Å². The van der Waals surface area contributed by atoms with Crippen LogP contribution in [-0.4, -0.2) is 79.8 Å². The van der Waals surface area contributed by atoms with Crippen LogP contribution < -0.4 is 5.32 Å². The van der Waals surface area contributed by atoms with E-state index in [9.17, 15) is 8.42 Å². The van der Waals surface area contributed by atoms with E-state index in [0.717, 1.165) is 5.96 Å². The molecule has 1 N–H and O–H groups in total. The molecule has 0 aromatic carbocycles. The van der Waals surface area contributed by atoms with Crippen molar-refractivity contribution in [1.82, 2.24) is 19.1 Å². The van der Waals surface area contributed by atoms with Gasteiger partial charge in [0.1, 0.15) is 0 Å². The maximum Gasteiger partial charge on any atom is 0.216 e. The number of nitrogens with zero attached hydrogens (tertiary/aromatic N) is 4. The molecule has 1 fully saturated rings. The minimum absolute atomic E-state index is 0.0339. The van der Waals surface area contributed by atoms with Crippen molar-refractivity contribution in [2.75, 3.05) is 45.6 Å². The van der Waals surface area contributed by atoms with Crippen LogP contribution in [0.15, 0.2) is 23.5 Å². The topological polar surface area (TPSA) is 79.2 Å². The smallest absolute Gasteiger partial charge is 0.216 e. The van der Waals surface area contributed by atoms with E-state index in [2.05, 4.69) is 27.5 Å². The summed E-state index contributed by atoms with van der Waals surface area (Å²) in [5, 5.41) is 3.34. The van der Waals surface area contributed by atoms with Gasteiger partial charge in [0, 0.05) is 59.2 Å². The third-order valence-corrected chi connectivity index (χ3v) is 6.11. The van der Waals surface area contributed by atoms with E-state index in [1.165, 1.54) is 5.56 Å². The first-order valence-corrected chi connectivity index (χ1v) is 10.6. The molecule has 0 aliphatic carbocycles. The molecule has 1 saturated heterocycles. The number of hydrogen-bond acceptors (Lipinski definition) is 4. The van der Waals surface area contributed by atoms with Crippen molar-refractivity contribution in [3.05, 3.63) is 24.0 Å². The largest absolute Gasteiger partial charge is 0.378 e. The number of sulfonamides is 1. The Morgan fingerprint density at radius 2 is 2.00 bits per heavy atom. The molecule has 0 unspecified atom stereocenters. The summed E-state index contributed by atoms with van der Waals surface area (Å²) in [7, 11) is 0.471. The van der Waals surface area contributed by atoms with Crippen LogP contribution >= 0.6 is 0 Å². The summed E-state index contributed by atoms with van der Waals surface area (Å²) >= 11 is 0. The van der Waals surface area contributed by atoms with Gasteiger partial charge in [0.25, 0.3) is 0 Å². The fourth-order valence-electron chi connectivity index (χ4n) is 2.88. The van der Waals surface area contributed by atoms with E-state index in [1.807, 2.05) is 31.7 Å². The van der Waals surface area contributed by atoms with Gasteiger partial charge >= 0.3 is 0 Å². The first kappa shape index (κ1) is 20.7. The molecule has 2 rings (SSSR count). The highest BCUT2D eigenvalue weighted by Crippen LogP contribution is 2.09. The lowest BCUT2D eigenvalue weighted by Crippen LogP contribution is -2.54. The van der Waals surface area contributed by atoms with E-state index in [4.69, 9.17) is 4.74 Å². The molecule has 0 radical (unpaired) electrons. The minimum Gasteiger partial charge on any atom is -0.378 e. The van der Waals surface area contributed by atoms with Crippen LogP contribution in [0.2, 0.25) is 0 Å². The third-order valence-electron chi connectivity index (χ3n) is 4.28. The molecule has 9 heteroatoms. The Bertz CT molecular complexity index is 691. The highest BCUT2D eigenvalue weighted by atomic mass is 32.2. The standard InChI is InChI=1S/C17H31N5O3S/c1-15(2)25-11-12-26(23,24)22-9-7-21(8-10-22)17(18-3)19-13-16-5-6-20(4)14-16/h5-6,14-15H,7-13H2,1-4H3,(H,18,19). The first-order chi connectivity index (χ1) is 12.3. The fourth-order valence-corrected chi connectivity index (χ4v) is 4.16. The van der Waals surface area contributed by atoms with Crippen molar-refractivity contribution >= 4 is 16.0 Å². The molecule has 26 heavy (non-hydrogen) atoms. The predicted octanol–water partition coefficient (Wildman–Crippen LogP) is 0.473. The Kier molecular flexibility index (Phi) is 7.48. The lowest BCUT2D eigenvalue weighted by Gasteiger charge is -2.35. The summed E-state index contributed by atoms with van der Waals surface area (Å²) in [6, 6.07) is 2.06. The highest BCUT2D eigenvalue weighted by molar-refractivity contribution is 7.89. The molecular weight excluding hydrogens is 354 g/mol. The van der Waals surface area contributed by atoms with Gasteiger partial charge in [-0.15, -0.1) is 0 Å². The normalized spacial score (nSPS) is 17.1. The van der Waals surface area contributed by atoms with Crippen LogP contribution in [0.25, 0.3) is 0 Å². The molecule has 148 valence electrons. The van der Waals surface area contributed by atoms with E-state index >= 15 is 0 Å². The molecular formula is C17H31N5O3S. The highest BCUT2D eigenvalue weighted by Gasteiger charge is 2.27. The third kappa shape index (κ3) is 6.00. The average molecular weight is 386 g/mol.